The number of hydrogen-bond donors (Lipinski definition) is 2. The molecule has 1 rings (SSSR count). The van der Waals surface area contributed by atoms with Gasteiger partial charge in [0.2, 0.25) is 0 Å². The summed E-state index contributed by atoms with van der Waals surface area (Å²) >= 11 is 0. The molecule has 0 saturated carbocycles. The number of aromatic amines is 1. The van der Waals surface area contributed by atoms with Gasteiger partial charge >= 0.3 is 5.97 Å². The highest BCUT2D eigenvalue weighted by molar-refractivity contribution is 5.85. The summed E-state index contributed by atoms with van der Waals surface area (Å²) < 4.78 is 4.47. The number of halogens is 2. The standard InChI is InChI=1S/C7H11N3O2.2ClH/c1-12-7(11)6(8)2-5-3-9-10-4-5;;/h3-4,6H,2,8H2,1H3,(H,9,10);2*1H. The normalized spacial score (nSPS) is 10.7. The molecule has 5 nitrogen and oxygen atoms in total. The summed E-state index contributed by atoms with van der Waals surface area (Å²) in [6, 6.07) is -0.604. The first kappa shape index (κ1) is 15.7. The molecular formula is C7H13Cl2N3O2. The molecule has 1 unspecified atom stereocenters. The molecule has 0 aliphatic carbocycles. The van der Waals surface area contributed by atoms with Crippen molar-refractivity contribution in [3.63, 3.8) is 0 Å². The fourth-order valence-corrected chi connectivity index (χ4v) is 0.878. The highest BCUT2D eigenvalue weighted by Gasteiger charge is 2.14. The lowest BCUT2D eigenvalue weighted by atomic mass is 10.1. The van der Waals surface area contributed by atoms with E-state index in [9.17, 15) is 4.79 Å². The summed E-state index contributed by atoms with van der Waals surface area (Å²) in [5.74, 6) is -0.406. The van der Waals surface area contributed by atoms with Gasteiger partial charge in [-0.05, 0) is 5.56 Å². The SMILES string of the molecule is COC(=O)C(N)Cc1cn[nH]c1.Cl.Cl. The molecule has 3 N–H and O–H groups in total. The van der Waals surface area contributed by atoms with Gasteiger partial charge in [0, 0.05) is 12.6 Å². The summed E-state index contributed by atoms with van der Waals surface area (Å²) in [5.41, 5.74) is 6.40. The van der Waals surface area contributed by atoms with E-state index in [4.69, 9.17) is 5.73 Å². The average Bonchev–Trinajstić information content (AvgIpc) is 2.55. The fraction of sp³-hybridized carbons (Fsp3) is 0.429. The van der Waals surface area contributed by atoms with Crippen molar-refractivity contribution in [3.8, 4) is 0 Å². The Morgan fingerprint density at radius 3 is 2.79 bits per heavy atom. The van der Waals surface area contributed by atoms with Crippen LogP contribution < -0.4 is 5.73 Å². The summed E-state index contributed by atoms with van der Waals surface area (Å²) in [5, 5.41) is 6.36. The van der Waals surface area contributed by atoms with Crippen LogP contribution in [0.15, 0.2) is 12.4 Å². The van der Waals surface area contributed by atoms with Gasteiger partial charge in [-0.15, -0.1) is 24.8 Å². The third-order valence-electron chi connectivity index (χ3n) is 1.51. The Hall–Kier alpha value is -0.780. The number of esters is 1. The van der Waals surface area contributed by atoms with Gasteiger partial charge in [-0.1, -0.05) is 0 Å². The number of methoxy groups -OCH3 is 1. The van der Waals surface area contributed by atoms with Crippen molar-refractivity contribution in [2.24, 2.45) is 5.73 Å². The summed E-state index contributed by atoms with van der Waals surface area (Å²) in [6.45, 7) is 0. The number of carbonyl (C=O) groups is 1. The summed E-state index contributed by atoms with van der Waals surface area (Å²) in [6.07, 6.45) is 3.77. The van der Waals surface area contributed by atoms with Crippen LogP contribution in [-0.2, 0) is 16.0 Å². The molecule has 0 saturated heterocycles. The lowest BCUT2D eigenvalue weighted by molar-refractivity contribution is -0.142. The average molecular weight is 242 g/mol. The van der Waals surface area contributed by atoms with E-state index in [1.807, 2.05) is 0 Å². The zero-order chi connectivity index (χ0) is 8.97. The Morgan fingerprint density at radius 2 is 2.36 bits per heavy atom. The van der Waals surface area contributed by atoms with Crippen LogP contribution in [0.25, 0.3) is 0 Å². The van der Waals surface area contributed by atoms with Gasteiger partial charge < -0.3 is 10.5 Å². The molecule has 1 aromatic rings. The first-order valence-corrected chi connectivity index (χ1v) is 3.55. The molecule has 0 aliphatic rings. The smallest absolute Gasteiger partial charge is 0.322 e. The molecule has 1 atom stereocenters. The van der Waals surface area contributed by atoms with Gasteiger partial charge in [0.05, 0.1) is 13.3 Å². The highest BCUT2D eigenvalue weighted by atomic mass is 35.5. The second-order valence-electron chi connectivity index (χ2n) is 2.44. The fourth-order valence-electron chi connectivity index (χ4n) is 0.878. The van der Waals surface area contributed by atoms with Crippen LogP contribution in [0.4, 0.5) is 0 Å². The van der Waals surface area contributed by atoms with Crippen molar-refractivity contribution in [1.82, 2.24) is 10.2 Å². The molecule has 7 heteroatoms. The minimum Gasteiger partial charge on any atom is -0.468 e. The molecule has 1 heterocycles. The van der Waals surface area contributed by atoms with Crippen LogP contribution in [0.3, 0.4) is 0 Å². The van der Waals surface area contributed by atoms with E-state index in [1.165, 1.54) is 7.11 Å². The zero-order valence-corrected chi connectivity index (χ0v) is 9.23. The Balaban J connectivity index is 0. The molecule has 0 aliphatic heterocycles. The van der Waals surface area contributed by atoms with Crippen LogP contribution in [0.2, 0.25) is 0 Å². The van der Waals surface area contributed by atoms with Crippen molar-refractivity contribution in [2.45, 2.75) is 12.5 Å². The predicted octanol–water partition coefficient (Wildman–Crippen LogP) is 0.296. The Bertz CT molecular complexity index is 253. The molecule has 14 heavy (non-hydrogen) atoms. The van der Waals surface area contributed by atoms with Gasteiger partial charge in [0.15, 0.2) is 0 Å². The number of rotatable bonds is 3. The Morgan fingerprint density at radius 1 is 1.71 bits per heavy atom. The van der Waals surface area contributed by atoms with Crippen LogP contribution in [0, 0.1) is 0 Å². The molecular weight excluding hydrogens is 229 g/mol. The largest absolute Gasteiger partial charge is 0.468 e. The van der Waals surface area contributed by atoms with E-state index in [0.29, 0.717) is 6.42 Å². The van der Waals surface area contributed by atoms with E-state index < -0.39 is 12.0 Å². The maximum absolute atomic E-state index is 10.9. The van der Waals surface area contributed by atoms with Gasteiger partial charge in [-0.25, -0.2) is 0 Å². The first-order valence-electron chi connectivity index (χ1n) is 3.55. The molecule has 0 spiro atoms. The van der Waals surface area contributed by atoms with Crippen molar-refractivity contribution in [3.05, 3.63) is 18.0 Å². The molecule has 0 radical (unpaired) electrons. The number of nitrogens with one attached hydrogen (secondary N) is 1. The summed E-state index contributed by atoms with van der Waals surface area (Å²) in [4.78, 5) is 10.9. The first-order chi connectivity index (χ1) is 5.74. The van der Waals surface area contributed by atoms with Crippen LogP contribution in [-0.4, -0.2) is 29.3 Å². The molecule has 1 aromatic heterocycles. The Labute approximate surface area is 94.2 Å². The minimum atomic E-state index is -0.604. The van der Waals surface area contributed by atoms with Gasteiger partial charge in [-0.2, -0.15) is 5.10 Å². The van der Waals surface area contributed by atoms with Crippen molar-refractivity contribution < 1.29 is 9.53 Å². The van der Waals surface area contributed by atoms with Gasteiger partial charge in [0.25, 0.3) is 0 Å². The third-order valence-corrected chi connectivity index (χ3v) is 1.51. The van der Waals surface area contributed by atoms with E-state index in [0.717, 1.165) is 5.56 Å². The molecule has 0 amide bonds. The quantitative estimate of drug-likeness (QED) is 0.747. The van der Waals surface area contributed by atoms with Crippen LogP contribution in [0.1, 0.15) is 5.56 Å². The maximum atomic E-state index is 10.9. The minimum absolute atomic E-state index is 0. The van der Waals surface area contributed by atoms with Gasteiger partial charge in [-0.3, -0.25) is 9.89 Å². The molecule has 82 valence electrons. The number of aromatic nitrogens is 2. The molecule has 0 aromatic carbocycles. The highest BCUT2D eigenvalue weighted by Crippen LogP contribution is 1.99. The number of nitrogens with two attached hydrogens (primary N) is 1. The number of nitrogens with zero attached hydrogens (tertiary/aromatic N) is 1. The maximum Gasteiger partial charge on any atom is 0.322 e. The van der Waals surface area contributed by atoms with Crippen molar-refractivity contribution in [2.75, 3.05) is 7.11 Å². The zero-order valence-electron chi connectivity index (χ0n) is 7.60. The number of ether oxygens (including phenoxy) is 1. The van der Waals surface area contributed by atoms with Crippen LogP contribution >= 0.6 is 24.8 Å². The number of H-pyrrole nitrogens is 1. The summed E-state index contributed by atoms with van der Waals surface area (Å²) in [7, 11) is 1.32. The third kappa shape index (κ3) is 4.45. The van der Waals surface area contributed by atoms with E-state index in [2.05, 4.69) is 14.9 Å². The lowest BCUT2D eigenvalue weighted by Crippen LogP contribution is -2.33. The number of hydrogen-bond acceptors (Lipinski definition) is 4. The number of carbonyl (C=O) groups excluding carboxylic acids is 1. The predicted molar refractivity (Wildman–Crippen MR) is 56.8 cm³/mol. The van der Waals surface area contributed by atoms with E-state index >= 15 is 0 Å². The monoisotopic (exact) mass is 241 g/mol. The lowest BCUT2D eigenvalue weighted by Gasteiger charge is -2.06. The van der Waals surface area contributed by atoms with E-state index in [1.54, 1.807) is 12.4 Å². The van der Waals surface area contributed by atoms with Crippen molar-refractivity contribution >= 4 is 30.8 Å². The topological polar surface area (TPSA) is 81.0 Å². The van der Waals surface area contributed by atoms with Crippen molar-refractivity contribution in [1.29, 1.82) is 0 Å². The molecule has 0 bridgehead atoms. The second-order valence-corrected chi connectivity index (χ2v) is 2.44. The molecule has 0 fully saturated rings. The van der Waals surface area contributed by atoms with Crippen LogP contribution in [0.5, 0.6) is 0 Å². The second kappa shape index (κ2) is 7.61. The van der Waals surface area contributed by atoms with Gasteiger partial charge in [0.1, 0.15) is 6.04 Å². The van der Waals surface area contributed by atoms with E-state index in [-0.39, 0.29) is 24.8 Å². The Kier molecular flexibility index (Phi) is 8.52.